The highest BCUT2D eigenvalue weighted by molar-refractivity contribution is 7.13. The zero-order valence-corrected chi connectivity index (χ0v) is 11.8. The molecule has 102 valence electrons. The molecule has 2 N–H and O–H groups in total. The van der Waals surface area contributed by atoms with Crippen LogP contribution in [0.4, 0.5) is 10.8 Å². The van der Waals surface area contributed by atoms with Crippen LogP contribution in [0.3, 0.4) is 0 Å². The second-order valence-electron chi connectivity index (χ2n) is 4.79. The number of nitrogens with zero attached hydrogens (tertiary/aromatic N) is 3. The molecular weight excluding hydrogens is 270 g/mol. The topological polar surface area (TPSA) is 73.6 Å². The van der Waals surface area contributed by atoms with Gasteiger partial charge in [-0.25, -0.2) is 9.97 Å². The van der Waals surface area contributed by atoms with E-state index >= 15 is 0 Å². The minimum atomic E-state index is 0.420. The number of hydrogen-bond donors (Lipinski definition) is 2. The van der Waals surface area contributed by atoms with Crippen molar-refractivity contribution in [1.82, 2.24) is 15.3 Å². The SMILES string of the molecule is N#Cc1ccc(Nc2nc([C@@H]3CCCNC3)cs2)cn1. The molecule has 1 aliphatic heterocycles. The monoisotopic (exact) mass is 285 g/mol. The van der Waals surface area contributed by atoms with Gasteiger partial charge in [-0.2, -0.15) is 5.26 Å². The molecule has 0 bridgehead atoms. The second kappa shape index (κ2) is 5.99. The first-order valence-corrected chi connectivity index (χ1v) is 7.52. The minimum Gasteiger partial charge on any atom is -0.330 e. The summed E-state index contributed by atoms with van der Waals surface area (Å²) in [6.07, 6.45) is 4.07. The van der Waals surface area contributed by atoms with Crippen LogP contribution in [0.1, 0.15) is 30.1 Å². The molecule has 2 aromatic heterocycles. The summed E-state index contributed by atoms with van der Waals surface area (Å²) in [6.45, 7) is 2.13. The van der Waals surface area contributed by atoms with Crippen molar-refractivity contribution < 1.29 is 0 Å². The molecule has 1 saturated heterocycles. The number of pyridine rings is 1. The highest BCUT2D eigenvalue weighted by Crippen LogP contribution is 2.28. The van der Waals surface area contributed by atoms with Gasteiger partial charge in [-0.05, 0) is 31.5 Å². The lowest BCUT2D eigenvalue weighted by atomic mass is 9.97. The fourth-order valence-electron chi connectivity index (χ4n) is 2.29. The Morgan fingerprint density at radius 3 is 3.10 bits per heavy atom. The molecule has 3 heterocycles. The van der Waals surface area contributed by atoms with Crippen molar-refractivity contribution >= 4 is 22.2 Å². The average molecular weight is 285 g/mol. The van der Waals surface area contributed by atoms with Crippen molar-refractivity contribution in [3.63, 3.8) is 0 Å². The normalized spacial score (nSPS) is 18.4. The summed E-state index contributed by atoms with van der Waals surface area (Å²) in [4.78, 5) is 8.68. The van der Waals surface area contributed by atoms with Crippen molar-refractivity contribution in [2.75, 3.05) is 18.4 Å². The van der Waals surface area contributed by atoms with Gasteiger partial charge in [0.15, 0.2) is 5.13 Å². The Kier molecular flexibility index (Phi) is 3.90. The van der Waals surface area contributed by atoms with Crippen molar-refractivity contribution in [2.45, 2.75) is 18.8 Å². The number of thiazole rings is 1. The Labute approximate surface area is 121 Å². The lowest BCUT2D eigenvalue weighted by Crippen LogP contribution is -2.28. The van der Waals surface area contributed by atoms with E-state index in [4.69, 9.17) is 5.26 Å². The van der Waals surface area contributed by atoms with Crippen LogP contribution in [0.2, 0.25) is 0 Å². The highest BCUT2D eigenvalue weighted by Gasteiger charge is 2.17. The Balaban J connectivity index is 1.68. The third-order valence-electron chi connectivity index (χ3n) is 3.37. The van der Waals surface area contributed by atoms with Crippen molar-refractivity contribution in [2.24, 2.45) is 0 Å². The van der Waals surface area contributed by atoms with Gasteiger partial charge in [0.2, 0.25) is 0 Å². The maximum absolute atomic E-state index is 8.72. The summed E-state index contributed by atoms with van der Waals surface area (Å²) in [6, 6.07) is 5.54. The predicted octanol–water partition coefficient (Wildman–Crippen LogP) is 2.62. The van der Waals surface area contributed by atoms with E-state index in [0.717, 1.165) is 29.6 Å². The second-order valence-corrected chi connectivity index (χ2v) is 5.65. The van der Waals surface area contributed by atoms with Crippen LogP contribution in [0, 0.1) is 11.3 Å². The maximum atomic E-state index is 8.72. The van der Waals surface area contributed by atoms with Crippen LogP contribution in [-0.4, -0.2) is 23.1 Å². The molecule has 0 aromatic carbocycles. The first-order valence-electron chi connectivity index (χ1n) is 6.64. The number of piperidine rings is 1. The van der Waals surface area contributed by atoms with Gasteiger partial charge in [-0.1, -0.05) is 0 Å². The van der Waals surface area contributed by atoms with Crippen LogP contribution in [0.5, 0.6) is 0 Å². The third-order valence-corrected chi connectivity index (χ3v) is 4.14. The predicted molar refractivity (Wildman–Crippen MR) is 79.2 cm³/mol. The molecule has 0 aliphatic carbocycles. The van der Waals surface area contributed by atoms with Gasteiger partial charge in [0, 0.05) is 17.8 Å². The summed E-state index contributed by atoms with van der Waals surface area (Å²) in [7, 11) is 0. The maximum Gasteiger partial charge on any atom is 0.187 e. The standard InChI is InChI=1S/C14H15N5S/c15-6-11-3-4-12(8-17-11)18-14-19-13(9-20-14)10-2-1-5-16-7-10/h3-4,8-10,16H,1-2,5,7H2,(H,18,19)/t10-/m1/s1. The summed E-state index contributed by atoms with van der Waals surface area (Å²) in [5.74, 6) is 0.523. The molecule has 6 heteroatoms. The summed E-state index contributed by atoms with van der Waals surface area (Å²) >= 11 is 1.61. The number of hydrogen-bond acceptors (Lipinski definition) is 6. The number of aromatic nitrogens is 2. The van der Waals surface area contributed by atoms with Gasteiger partial charge in [-0.15, -0.1) is 11.3 Å². The molecule has 1 aliphatic rings. The van der Waals surface area contributed by atoms with Gasteiger partial charge < -0.3 is 10.6 Å². The lowest BCUT2D eigenvalue weighted by Gasteiger charge is -2.20. The fraction of sp³-hybridized carbons (Fsp3) is 0.357. The molecule has 20 heavy (non-hydrogen) atoms. The Morgan fingerprint density at radius 2 is 2.40 bits per heavy atom. The van der Waals surface area contributed by atoms with Crippen LogP contribution >= 0.6 is 11.3 Å². The smallest absolute Gasteiger partial charge is 0.187 e. The Hall–Kier alpha value is -1.97. The molecule has 0 unspecified atom stereocenters. The van der Waals surface area contributed by atoms with E-state index in [1.807, 2.05) is 12.1 Å². The summed E-state index contributed by atoms with van der Waals surface area (Å²) < 4.78 is 0. The first kappa shape index (κ1) is 13.0. The minimum absolute atomic E-state index is 0.420. The van der Waals surface area contributed by atoms with Crippen LogP contribution in [0.25, 0.3) is 0 Å². The van der Waals surface area contributed by atoms with Gasteiger partial charge in [0.1, 0.15) is 11.8 Å². The molecule has 0 saturated carbocycles. The Bertz CT molecular complexity index is 607. The molecule has 0 radical (unpaired) electrons. The van der Waals surface area contributed by atoms with Crippen LogP contribution in [-0.2, 0) is 0 Å². The summed E-state index contributed by atoms with van der Waals surface area (Å²) in [5, 5.41) is 18.3. The molecule has 0 amide bonds. The molecule has 1 atom stereocenters. The number of nitriles is 1. The number of nitrogens with one attached hydrogen (secondary N) is 2. The third kappa shape index (κ3) is 2.95. The molecule has 3 rings (SSSR count). The van der Waals surface area contributed by atoms with Crippen molar-refractivity contribution in [3.8, 4) is 6.07 Å². The zero-order chi connectivity index (χ0) is 13.8. The van der Waals surface area contributed by atoms with Gasteiger partial charge >= 0.3 is 0 Å². The Morgan fingerprint density at radius 1 is 1.45 bits per heavy atom. The van der Waals surface area contributed by atoms with E-state index in [0.29, 0.717) is 11.6 Å². The molecule has 2 aromatic rings. The van der Waals surface area contributed by atoms with E-state index in [2.05, 4.69) is 26.0 Å². The molecular formula is C14H15N5S. The largest absolute Gasteiger partial charge is 0.330 e. The fourth-order valence-corrected chi connectivity index (χ4v) is 3.11. The number of rotatable bonds is 3. The van der Waals surface area contributed by atoms with E-state index in [1.165, 1.54) is 12.8 Å². The molecule has 5 nitrogen and oxygen atoms in total. The van der Waals surface area contributed by atoms with Crippen molar-refractivity contribution in [1.29, 1.82) is 5.26 Å². The quantitative estimate of drug-likeness (QED) is 0.907. The van der Waals surface area contributed by atoms with Gasteiger partial charge in [0.25, 0.3) is 0 Å². The lowest BCUT2D eigenvalue weighted by molar-refractivity contribution is 0.456. The van der Waals surface area contributed by atoms with E-state index in [1.54, 1.807) is 23.6 Å². The van der Waals surface area contributed by atoms with E-state index < -0.39 is 0 Å². The summed E-state index contributed by atoms with van der Waals surface area (Å²) in [5.41, 5.74) is 2.43. The highest BCUT2D eigenvalue weighted by atomic mass is 32.1. The van der Waals surface area contributed by atoms with Gasteiger partial charge in [0.05, 0.1) is 17.6 Å². The van der Waals surface area contributed by atoms with E-state index in [9.17, 15) is 0 Å². The first-order chi connectivity index (χ1) is 9.85. The van der Waals surface area contributed by atoms with Gasteiger partial charge in [-0.3, -0.25) is 0 Å². The number of anilines is 2. The average Bonchev–Trinajstić information content (AvgIpc) is 2.97. The van der Waals surface area contributed by atoms with Crippen LogP contribution in [0.15, 0.2) is 23.7 Å². The molecule has 1 fully saturated rings. The zero-order valence-electron chi connectivity index (χ0n) is 11.0. The van der Waals surface area contributed by atoms with Crippen molar-refractivity contribution in [3.05, 3.63) is 35.1 Å². The van der Waals surface area contributed by atoms with Crippen LogP contribution < -0.4 is 10.6 Å². The van der Waals surface area contributed by atoms with E-state index in [-0.39, 0.29) is 0 Å². The molecule has 0 spiro atoms.